The normalized spacial score (nSPS) is 29.7. The van der Waals surface area contributed by atoms with Gasteiger partial charge in [-0.25, -0.2) is 13.0 Å². The van der Waals surface area contributed by atoms with E-state index in [2.05, 4.69) is 9.26 Å². The molecule has 2 aliphatic rings. The third-order valence-corrected chi connectivity index (χ3v) is 7.62. The van der Waals surface area contributed by atoms with Crippen molar-refractivity contribution >= 4 is 9.73 Å². The third kappa shape index (κ3) is 4.38. The molecule has 0 atom stereocenters. The summed E-state index contributed by atoms with van der Waals surface area (Å²) in [7, 11) is -2.07. The first-order valence-corrected chi connectivity index (χ1v) is 11.3. The smallest absolute Gasteiger partial charge is 0.131 e. The van der Waals surface area contributed by atoms with E-state index in [1.807, 2.05) is 19.9 Å². The minimum absolute atomic E-state index is 0.232. The molecular weight excluding hydrogens is 355 g/mol. The number of ether oxygens (including phenoxy) is 2. The molecule has 7 heteroatoms. The number of morpholine rings is 1. The highest BCUT2D eigenvalue weighted by molar-refractivity contribution is 7.93. The van der Waals surface area contributed by atoms with Gasteiger partial charge in [-0.3, -0.25) is 4.90 Å². The van der Waals surface area contributed by atoms with Crippen molar-refractivity contribution in [3.8, 4) is 5.75 Å². The van der Waals surface area contributed by atoms with Crippen molar-refractivity contribution in [2.75, 3.05) is 44.4 Å². The fourth-order valence-corrected chi connectivity index (χ4v) is 6.16. The van der Waals surface area contributed by atoms with E-state index in [-0.39, 0.29) is 11.4 Å². The molecule has 3 rings (SSSR count). The van der Waals surface area contributed by atoms with Crippen molar-refractivity contribution in [3.05, 3.63) is 29.6 Å². The molecule has 1 aromatic carbocycles. The van der Waals surface area contributed by atoms with Gasteiger partial charge in [0.05, 0.1) is 18.8 Å². The highest BCUT2D eigenvalue weighted by atomic mass is 32.2. The molecule has 1 aromatic rings. The minimum atomic E-state index is -2.07. The maximum absolute atomic E-state index is 14.4. The third-order valence-electron chi connectivity index (χ3n) is 5.20. The van der Waals surface area contributed by atoms with Gasteiger partial charge in [-0.1, -0.05) is 6.07 Å². The van der Waals surface area contributed by atoms with Crippen LogP contribution in [-0.4, -0.2) is 59.1 Å². The summed E-state index contributed by atoms with van der Waals surface area (Å²) in [5, 5.41) is 0. The molecule has 2 fully saturated rings. The van der Waals surface area contributed by atoms with Gasteiger partial charge in [0.25, 0.3) is 0 Å². The molecule has 0 bridgehead atoms. The molecule has 0 N–H and O–H groups in total. The van der Waals surface area contributed by atoms with Crippen molar-refractivity contribution < 1.29 is 18.1 Å². The molecule has 2 saturated heterocycles. The number of halogens is 1. The van der Waals surface area contributed by atoms with Crippen LogP contribution in [0.15, 0.2) is 22.6 Å². The number of nitrogens with zero attached hydrogens (tertiary/aromatic N) is 2. The summed E-state index contributed by atoms with van der Waals surface area (Å²) < 4.78 is 43.1. The minimum Gasteiger partial charge on any atom is -0.493 e. The van der Waals surface area contributed by atoms with E-state index in [9.17, 15) is 8.60 Å². The van der Waals surface area contributed by atoms with Crippen molar-refractivity contribution in [1.82, 2.24) is 4.90 Å². The molecule has 5 nitrogen and oxygen atoms in total. The fourth-order valence-electron chi connectivity index (χ4n) is 3.85. The van der Waals surface area contributed by atoms with Crippen LogP contribution in [0.5, 0.6) is 5.75 Å². The molecule has 0 radical (unpaired) electrons. The average Bonchev–Trinajstić information content (AvgIpc) is 2.62. The first kappa shape index (κ1) is 19.6. The van der Waals surface area contributed by atoms with Crippen LogP contribution < -0.4 is 4.74 Å². The molecule has 146 valence electrons. The van der Waals surface area contributed by atoms with Crippen molar-refractivity contribution in [2.45, 2.75) is 38.8 Å². The molecule has 0 aliphatic carbocycles. The molecule has 2 aliphatic heterocycles. The van der Waals surface area contributed by atoms with Crippen LogP contribution in [0.3, 0.4) is 0 Å². The van der Waals surface area contributed by atoms with E-state index < -0.39 is 9.73 Å². The summed E-state index contributed by atoms with van der Waals surface area (Å²) in [4.78, 5) is 2.23. The van der Waals surface area contributed by atoms with Gasteiger partial charge in [0.15, 0.2) is 0 Å². The Balaban J connectivity index is 1.71. The van der Waals surface area contributed by atoms with Crippen LogP contribution in [0.25, 0.3) is 0 Å². The Hall–Kier alpha value is -1.18. The Morgan fingerprint density at radius 1 is 1.35 bits per heavy atom. The lowest BCUT2D eigenvalue weighted by molar-refractivity contribution is -0.116. The summed E-state index contributed by atoms with van der Waals surface area (Å²) in [6.45, 7) is 7.56. The van der Waals surface area contributed by atoms with E-state index in [1.165, 1.54) is 6.07 Å². The van der Waals surface area contributed by atoms with E-state index in [4.69, 9.17) is 9.47 Å². The maximum atomic E-state index is 14.4. The summed E-state index contributed by atoms with van der Waals surface area (Å²) in [6, 6.07) is 4.98. The summed E-state index contributed by atoms with van der Waals surface area (Å²) in [5.74, 6) is 1.57. The van der Waals surface area contributed by atoms with Crippen LogP contribution in [0.4, 0.5) is 4.39 Å². The highest BCUT2D eigenvalue weighted by Gasteiger charge is 2.41. The molecule has 2 heterocycles. The van der Waals surface area contributed by atoms with Gasteiger partial charge in [0.1, 0.15) is 11.6 Å². The Morgan fingerprint density at radius 2 is 2.12 bits per heavy atom. The molecule has 0 saturated carbocycles. The second kappa shape index (κ2) is 8.23. The monoisotopic (exact) mass is 384 g/mol. The molecule has 0 aromatic heterocycles. The lowest BCUT2D eigenvalue weighted by atomic mass is 9.94. The summed E-state index contributed by atoms with van der Waals surface area (Å²) >= 11 is 0. The van der Waals surface area contributed by atoms with Gasteiger partial charge < -0.3 is 9.47 Å². The standard InChI is InChI=1S/C19H29FN2O3S/c1-3-21-26(23)12-8-19(9-13-26)15-22(10-11-25-19)14-16-17(20)6-5-7-18(16)24-4-2/h5-7H,3-4,8-15H2,1-2H3. The van der Waals surface area contributed by atoms with Gasteiger partial charge in [-0.15, -0.1) is 0 Å². The predicted molar refractivity (Wildman–Crippen MR) is 102 cm³/mol. The first-order chi connectivity index (χ1) is 12.5. The fraction of sp³-hybridized carbons (Fsp3) is 0.684. The zero-order valence-electron chi connectivity index (χ0n) is 15.7. The van der Waals surface area contributed by atoms with E-state index in [0.717, 1.165) is 25.9 Å². The highest BCUT2D eigenvalue weighted by Crippen LogP contribution is 2.33. The van der Waals surface area contributed by atoms with E-state index >= 15 is 0 Å². The summed E-state index contributed by atoms with van der Waals surface area (Å²) in [6.07, 6.45) is 1.50. The number of hydrogen-bond acceptors (Lipinski definition) is 5. The zero-order chi connectivity index (χ0) is 18.6. The number of rotatable bonds is 5. The van der Waals surface area contributed by atoms with E-state index in [1.54, 1.807) is 6.07 Å². The van der Waals surface area contributed by atoms with Crippen LogP contribution in [0.1, 0.15) is 32.3 Å². The number of benzene rings is 1. The van der Waals surface area contributed by atoms with Gasteiger partial charge >= 0.3 is 0 Å². The van der Waals surface area contributed by atoms with Gasteiger partial charge in [0, 0.05) is 53.0 Å². The van der Waals surface area contributed by atoms with Crippen LogP contribution in [0, 0.1) is 5.82 Å². The molecule has 0 unspecified atom stereocenters. The van der Waals surface area contributed by atoms with Crippen molar-refractivity contribution in [1.29, 1.82) is 0 Å². The van der Waals surface area contributed by atoms with Gasteiger partial charge in [-0.05, 0) is 38.8 Å². The quantitative estimate of drug-likeness (QED) is 0.783. The van der Waals surface area contributed by atoms with Gasteiger partial charge in [0.2, 0.25) is 0 Å². The molecule has 0 amide bonds. The Bertz CT molecular complexity index is 732. The van der Waals surface area contributed by atoms with Crippen molar-refractivity contribution in [3.63, 3.8) is 0 Å². The molecule has 26 heavy (non-hydrogen) atoms. The van der Waals surface area contributed by atoms with E-state index in [0.29, 0.717) is 49.1 Å². The van der Waals surface area contributed by atoms with Crippen LogP contribution >= 0.6 is 0 Å². The van der Waals surface area contributed by atoms with Crippen molar-refractivity contribution in [2.24, 2.45) is 4.36 Å². The lowest BCUT2D eigenvalue weighted by Crippen LogP contribution is -2.54. The van der Waals surface area contributed by atoms with Crippen LogP contribution in [-0.2, 0) is 21.0 Å². The predicted octanol–water partition coefficient (Wildman–Crippen LogP) is 3.08. The first-order valence-electron chi connectivity index (χ1n) is 9.44. The molecular formula is C19H29FN2O3S. The van der Waals surface area contributed by atoms with Gasteiger partial charge in [-0.2, -0.15) is 0 Å². The largest absolute Gasteiger partial charge is 0.493 e. The zero-order valence-corrected chi connectivity index (χ0v) is 16.5. The maximum Gasteiger partial charge on any atom is 0.131 e. The van der Waals surface area contributed by atoms with Crippen LogP contribution in [0.2, 0.25) is 0 Å². The Labute approximate surface area is 156 Å². The second-order valence-corrected chi connectivity index (χ2v) is 9.64. The average molecular weight is 385 g/mol. The lowest BCUT2D eigenvalue weighted by Gasteiger charge is -2.45. The Morgan fingerprint density at radius 3 is 2.81 bits per heavy atom. The second-order valence-electron chi connectivity index (χ2n) is 7.02. The summed E-state index contributed by atoms with van der Waals surface area (Å²) in [5.41, 5.74) is 0.325. The Kier molecular flexibility index (Phi) is 6.20. The molecule has 1 spiro atoms. The number of hydrogen-bond donors (Lipinski definition) is 0. The topological polar surface area (TPSA) is 51.1 Å². The SMILES string of the molecule is CCN=S1(=O)CCC2(CC1)CN(Cc1c(F)cccc1OCC)CCO2.